The van der Waals surface area contributed by atoms with Gasteiger partial charge in [-0.1, -0.05) is 30.7 Å². The van der Waals surface area contributed by atoms with Crippen molar-refractivity contribution in [1.82, 2.24) is 14.8 Å². The predicted octanol–water partition coefficient (Wildman–Crippen LogP) is 3.41. The first-order valence-corrected chi connectivity index (χ1v) is 11.3. The van der Waals surface area contributed by atoms with Crippen molar-refractivity contribution in [2.24, 2.45) is 0 Å². The zero-order chi connectivity index (χ0) is 22.4. The predicted molar refractivity (Wildman–Crippen MR) is 124 cm³/mol. The van der Waals surface area contributed by atoms with Crippen LogP contribution in [-0.2, 0) is 24.3 Å². The molecule has 0 spiro atoms. The molecule has 1 atom stereocenters. The smallest absolute Gasteiger partial charge is 0.257 e. The molecule has 1 unspecified atom stereocenters. The molecule has 1 fully saturated rings. The fraction of sp³-hybridized carbons (Fsp3) is 0.500. The SMILES string of the molecule is CCN1CCCC1CNC(=O)c1c(COC)n(CCc2cccc(Cl)c2)c(C)cc1=O. The van der Waals surface area contributed by atoms with Crippen LogP contribution in [0.15, 0.2) is 35.1 Å². The molecule has 31 heavy (non-hydrogen) atoms. The van der Waals surface area contributed by atoms with Gasteiger partial charge in [-0.3, -0.25) is 14.5 Å². The summed E-state index contributed by atoms with van der Waals surface area (Å²) in [5, 5.41) is 3.70. The topological polar surface area (TPSA) is 63.6 Å². The van der Waals surface area contributed by atoms with E-state index >= 15 is 0 Å². The van der Waals surface area contributed by atoms with Gasteiger partial charge in [-0.05, 0) is 57.0 Å². The summed E-state index contributed by atoms with van der Waals surface area (Å²) in [5.41, 5.74) is 2.44. The second-order valence-electron chi connectivity index (χ2n) is 8.07. The molecule has 168 valence electrons. The fourth-order valence-electron chi connectivity index (χ4n) is 4.45. The fourth-order valence-corrected chi connectivity index (χ4v) is 4.66. The summed E-state index contributed by atoms with van der Waals surface area (Å²) in [6.07, 6.45) is 2.94. The number of likely N-dealkylation sites (tertiary alicyclic amines) is 1. The molecule has 1 aliphatic rings. The van der Waals surface area contributed by atoms with Crippen molar-refractivity contribution in [3.05, 3.63) is 68.1 Å². The third-order valence-corrected chi connectivity index (χ3v) is 6.29. The van der Waals surface area contributed by atoms with Gasteiger partial charge in [0.1, 0.15) is 5.56 Å². The minimum absolute atomic E-state index is 0.180. The lowest BCUT2D eigenvalue weighted by molar-refractivity contribution is 0.0932. The molecule has 1 aromatic heterocycles. The normalized spacial score (nSPS) is 16.6. The Morgan fingerprint density at radius 2 is 2.13 bits per heavy atom. The number of aromatic nitrogens is 1. The minimum Gasteiger partial charge on any atom is -0.378 e. The van der Waals surface area contributed by atoms with E-state index in [2.05, 4.69) is 17.1 Å². The van der Waals surface area contributed by atoms with E-state index in [0.717, 1.165) is 43.6 Å². The van der Waals surface area contributed by atoms with E-state index in [1.165, 1.54) is 0 Å². The molecule has 0 bridgehead atoms. The summed E-state index contributed by atoms with van der Waals surface area (Å²) >= 11 is 6.11. The van der Waals surface area contributed by atoms with Crippen LogP contribution in [0.5, 0.6) is 0 Å². The van der Waals surface area contributed by atoms with Gasteiger partial charge in [0.15, 0.2) is 5.43 Å². The Morgan fingerprint density at radius 3 is 2.84 bits per heavy atom. The van der Waals surface area contributed by atoms with E-state index in [4.69, 9.17) is 16.3 Å². The van der Waals surface area contributed by atoms with E-state index in [9.17, 15) is 9.59 Å². The van der Waals surface area contributed by atoms with Gasteiger partial charge >= 0.3 is 0 Å². The van der Waals surface area contributed by atoms with Crippen molar-refractivity contribution in [3.63, 3.8) is 0 Å². The molecule has 1 amide bonds. The van der Waals surface area contributed by atoms with E-state index in [0.29, 0.717) is 29.8 Å². The molecule has 0 aliphatic carbocycles. The van der Waals surface area contributed by atoms with Crippen LogP contribution in [0.1, 0.15) is 47.1 Å². The van der Waals surface area contributed by atoms with E-state index < -0.39 is 0 Å². The van der Waals surface area contributed by atoms with Crippen LogP contribution < -0.4 is 10.7 Å². The van der Waals surface area contributed by atoms with Crippen molar-refractivity contribution in [2.75, 3.05) is 26.7 Å². The molecule has 7 heteroatoms. The number of nitrogens with zero attached hydrogens (tertiary/aromatic N) is 2. The quantitative estimate of drug-likeness (QED) is 0.642. The molecule has 1 N–H and O–H groups in total. The van der Waals surface area contributed by atoms with E-state index in [1.807, 2.05) is 35.8 Å². The number of aryl methyl sites for hydroxylation is 2. The summed E-state index contributed by atoms with van der Waals surface area (Å²) in [4.78, 5) is 28.3. The standard InChI is InChI=1S/C24H32ClN3O3/c1-4-27-11-6-9-20(27)15-26-24(30)23-21(16-31-3)28(17(2)13-22(23)29)12-10-18-7-5-8-19(25)14-18/h5,7-8,13-14,20H,4,6,9-12,15-16H2,1-3H3,(H,26,30). The van der Waals surface area contributed by atoms with Crippen LogP contribution in [0.2, 0.25) is 5.02 Å². The van der Waals surface area contributed by atoms with E-state index in [1.54, 1.807) is 13.2 Å². The third kappa shape index (κ3) is 5.76. The number of ether oxygens (including phenoxy) is 1. The second kappa shape index (κ2) is 10.9. The van der Waals surface area contributed by atoms with Crippen LogP contribution in [-0.4, -0.2) is 48.2 Å². The number of likely N-dealkylation sites (N-methyl/N-ethyl adjacent to an activating group) is 1. The number of benzene rings is 1. The average Bonchev–Trinajstić information content (AvgIpc) is 3.19. The summed E-state index contributed by atoms with van der Waals surface area (Å²) in [6.45, 7) is 7.42. The number of hydrogen-bond acceptors (Lipinski definition) is 4. The van der Waals surface area contributed by atoms with Gasteiger partial charge in [-0.25, -0.2) is 0 Å². The van der Waals surface area contributed by atoms with Gasteiger partial charge < -0.3 is 14.6 Å². The molecule has 0 saturated carbocycles. The maximum absolute atomic E-state index is 13.1. The largest absolute Gasteiger partial charge is 0.378 e. The number of hydrogen-bond donors (Lipinski definition) is 1. The number of carbonyl (C=O) groups excluding carboxylic acids is 1. The summed E-state index contributed by atoms with van der Waals surface area (Å²) in [6, 6.07) is 9.60. The third-order valence-electron chi connectivity index (χ3n) is 6.05. The molecule has 6 nitrogen and oxygen atoms in total. The zero-order valence-electron chi connectivity index (χ0n) is 18.6. The van der Waals surface area contributed by atoms with E-state index in [-0.39, 0.29) is 23.5 Å². The molecule has 2 aromatic rings. The molecular weight excluding hydrogens is 414 g/mol. The van der Waals surface area contributed by atoms with Gasteiger partial charge in [0, 0.05) is 43.0 Å². The van der Waals surface area contributed by atoms with Gasteiger partial charge in [0.25, 0.3) is 5.91 Å². The number of rotatable bonds is 9. The lowest BCUT2D eigenvalue weighted by Crippen LogP contribution is -2.42. The highest BCUT2D eigenvalue weighted by molar-refractivity contribution is 6.30. The number of pyridine rings is 1. The molecule has 2 heterocycles. The van der Waals surface area contributed by atoms with Crippen LogP contribution in [0.4, 0.5) is 0 Å². The maximum Gasteiger partial charge on any atom is 0.257 e. The number of amides is 1. The van der Waals surface area contributed by atoms with Gasteiger partial charge in [-0.15, -0.1) is 0 Å². The van der Waals surface area contributed by atoms with Crippen LogP contribution >= 0.6 is 11.6 Å². The average molecular weight is 446 g/mol. The van der Waals surface area contributed by atoms with Gasteiger partial charge in [0.2, 0.25) is 0 Å². The molecule has 0 radical (unpaired) electrons. The number of methoxy groups -OCH3 is 1. The first-order chi connectivity index (χ1) is 14.9. The van der Waals surface area contributed by atoms with Crippen LogP contribution in [0.3, 0.4) is 0 Å². The minimum atomic E-state index is -0.323. The highest BCUT2D eigenvalue weighted by Crippen LogP contribution is 2.17. The van der Waals surface area contributed by atoms with Gasteiger partial charge in [0.05, 0.1) is 12.3 Å². The first-order valence-electron chi connectivity index (χ1n) is 10.9. The Bertz CT molecular complexity index is 973. The van der Waals surface area contributed by atoms with Crippen LogP contribution in [0, 0.1) is 6.92 Å². The maximum atomic E-state index is 13.1. The van der Waals surface area contributed by atoms with Crippen molar-refractivity contribution in [2.45, 2.75) is 52.3 Å². The molecule has 3 rings (SSSR count). The summed E-state index contributed by atoms with van der Waals surface area (Å²) in [5.74, 6) is -0.323. The van der Waals surface area contributed by atoms with Crippen molar-refractivity contribution >= 4 is 17.5 Å². The first kappa shape index (κ1) is 23.5. The lowest BCUT2D eigenvalue weighted by Gasteiger charge is -2.24. The molecule has 1 aliphatic heterocycles. The Hall–Kier alpha value is -2.15. The Balaban J connectivity index is 1.84. The Morgan fingerprint density at radius 1 is 1.32 bits per heavy atom. The highest BCUT2D eigenvalue weighted by atomic mass is 35.5. The van der Waals surface area contributed by atoms with Crippen molar-refractivity contribution < 1.29 is 9.53 Å². The highest BCUT2D eigenvalue weighted by Gasteiger charge is 2.25. The van der Waals surface area contributed by atoms with Crippen LogP contribution in [0.25, 0.3) is 0 Å². The number of nitrogens with one attached hydrogen (secondary N) is 1. The summed E-state index contributed by atoms with van der Waals surface area (Å²) < 4.78 is 7.39. The van der Waals surface area contributed by atoms with Crippen molar-refractivity contribution in [3.8, 4) is 0 Å². The monoisotopic (exact) mass is 445 g/mol. The van der Waals surface area contributed by atoms with Crippen molar-refractivity contribution in [1.29, 1.82) is 0 Å². The molecule has 1 saturated heterocycles. The summed E-state index contributed by atoms with van der Waals surface area (Å²) in [7, 11) is 1.58. The van der Waals surface area contributed by atoms with Gasteiger partial charge in [-0.2, -0.15) is 0 Å². The number of carbonyl (C=O) groups is 1. The lowest BCUT2D eigenvalue weighted by atomic mass is 10.1. The Kier molecular flexibility index (Phi) is 8.29. The zero-order valence-corrected chi connectivity index (χ0v) is 19.4. The molecule has 1 aromatic carbocycles. The molecular formula is C24H32ClN3O3. The number of halogens is 1. The Labute approximate surface area is 189 Å². The second-order valence-corrected chi connectivity index (χ2v) is 8.51.